The van der Waals surface area contributed by atoms with Crippen molar-refractivity contribution in [3.63, 3.8) is 0 Å². The van der Waals surface area contributed by atoms with E-state index in [1.807, 2.05) is 12.1 Å². The van der Waals surface area contributed by atoms with Gasteiger partial charge in [0.1, 0.15) is 0 Å². The van der Waals surface area contributed by atoms with Crippen LogP contribution in [0.1, 0.15) is 0 Å². The predicted octanol–water partition coefficient (Wildman–Crippen LogP) is 1.33. The van der Waals surface area contributed by atoms with Gasteiger partial charge in [-0.2, -0.15) is 0 Å². The van der Waals surface area contributed by atoms with E-state index in [2.05, 4.69) is 11.2 Å². The lowest BCUT2D eigenvalue weighted by molar-refractivity contribution is 1.31. The van der Waals surface area contributed by atoms with Crippen LogP contribution < -0.4 is 0 Å². The fourth-order valence-electron chi connectivity index (χ4n) is 0.277. The summed E-state index contributed by atoms with van der Waals surface area (Å²) in [7, 11) is 0. The molecule has 0 fully saturated rings. The average Bonchev–Trinajstić information content (AvgIpc) is 1.72. The third-order valence-corrected chi connectivity index (χ3v) is 0.517. The monoisotopic (exact) mass is 93.1 g/mol. The zero-order chi connectivity index (χ0) is 4.24. The summed E-state index contributed by atoms with van der Waals surface area (Å²) in [5.41, 5.74) is 0. The first-order valence-electron chi connectivity index (χ1n) is 1.77. The van der Waals surface area contributed by atoms with Crippen LogP contribution in [-0.4, -0.2) is 4.98 Å². The molecule has 1 aromatic rings. The molecule has 7 heavy (non-hydrogen) atoms. The summed E-state index contributed by atoms with van der Waals surface area (Å²) in [6.45, 7) is 0. The molecule has 1 heteroatoms. The normalized spacial score (nSPS) is 6.86. The SMILES string of the molecule is [CH3].[c]1ccccn1. The molecule has 0 N–H and O–H groups in total. The van der Waals surface area contributed by atoms with Gasteiger partial charge in [-0.3, -0.25) is 4.98 Å². The average molecular weight is 93.1 g/mol. The zero-order valence-corrected chi connectivity index (χ0v) is 4.26. The number of hydrogen-bond acceptors (Lipinski definition) is 1. The molecule has 0 aliphatic heterocycles. The van der Waals surface area contributed by atoms with E-state index >= 15 is 0 Å². The Labute approximate surface area is 44.0 Å². The summed E-state index contributed by atoms with van der Waals surface area (Å²) in [6, 6.07) is 5.50. The van der Waals surface area contributed by atoms with E-state index in [0.717, 1.165) is 0 Å². The Morgan fingerprint density at radius 3 is 2.29 bits per heavy atom. The van der Waals surface area contributed by atoms with Crippen LogP contribution in [0.15, 0.2) is 24.4 Å². The second-order valence-electron chi connectivity index (χ2n) is 0.959. The van der Waals surface area contributed by atoms with E-state index in [9.17, 15) is 0 Å². The lowest BCUT2D eigenvalue weighted by atomic mass is 10.5. The van der Waals surface area contributed by atoms with Gasteiger partial charge in [0.15, 0.2) is 0 Å². The van der Waals surface area contributed by atoms with Gasteiger partial charge in [0.2, 0.25) is 0 Å². The molecule has 0 aliphatic carbocycles. The van der Waals surface area contributed by atoms with Crippen molar-refractivity contribution >= 4 is 0 Å². The second kappa shape index (κ2) is 3.34. The molecule has 0 amide bonds. The van der Waals surface area contributed by atoms with Gasteiger partial charge in [-0.25, -0.2) is 0 Å². The van der Waals surface area contributed by atoms with Crippen molar-refractivity contribution < 1.29 is 0 Å². The molecule has 0 saturated carbocycles. The van der Waals surface area contributed by atoms with Crippen LogP contribution in [0, 0.1) is 13.6 Å². The maximum atomic E-state index is 3.66. The number of pyridine rings is 1. The van der Waals surface area contributed by atoms with E-state index in [0.29, 0.717) is 0 Å². The van der Waals surface area contributed by atoms with Crippen molar-refractivity contribution in [3.05, 3.63) is 38.0 Å². The highest BCUT2D eigenvalue weighted by molar-refractivity contribution is 4.86. The van der Waals surface area contributed by atoms with Gasteiger partial charge in [0, 0.05) is 6.20 Å². The molecule has 1 aromatic heterocycles. The Hall–Kier alpha value is -0.850. The predicted molar refractivity (Wildman–Crippen MR) is 29.5 cm³/mol. The van der Waals surface area contributed by atoms with Gasteiger partial charge in [0.25, 0.3) is 0 Å². The van der Waals surface area contributed by atoms with Crippen molar-refractivity contribution in [3.8, 4) is 0 Å². The van der Waals surface area contributed by atoms with E-state index in [1.54, 1.807) is 12.3 Å². The lowest BCUT2D eigenvalue weighted by Crippen LogP contribution is -1.60. The largest absolute Gasteiger partial charge is 0.255 e. The van der Waals surface area contributed by atoms with Crippen molar-refractivity contribution in [1.82, 2.24) is 4.98 Å². The van der Waals surface area contributed by atoms with Gasteiger partial charge >= 0.3 is 0 Å². The molecule has 0 saturated heterocycles. The lowest BCUT2D eigenvalue weighted by Gasteiger charge is -1.68. The minimum absolute atomic E-state index is 0. The Morgan fingerprint density at radius 2 is 2.14 bits per heavy atom. The third-order valence-electron chi connectivity index (χ3n) is 0.517. The Balaban J connectivity index is 0.000000360. The van der Waals surface area contributed by atoms with Crippen LogP contribution in [0.3, 0.4) is 0 Å². The Kier molecular flexibility index (Phi) is 2.94. The molecule has 0 aromatic carbocycles. The van der Waals surface area contributed by atoms with Crippen LogP contribution in [-0.2, 0) is 0 Å². The number of nitrogens with zero attached hydrogens (tertiary/aromatic N) is 1. The molecule has 1 rings (SSSR count). The second-order valence-corrected chi connectivity index (χ2v) is 0.959. The quantitative estimate of drug-likeness (QED) is 0.471. The van der Waals surface area contributed by atoms with Crippen molar-refractivity contribution in [1.29, 1.82) is 0 Å². The highest BCUT2D eigenvalue weighted by Gasteiger charge is 1.59. The standard InChI is InChI=1S/C5H4N.CH3/c1-2-4-6-5-3-1;/h1-4H;1H3. The molecule has 0 spiro atoms. The van der Waals surface area contributed by atoms with E-state index in [-0.39, 0.29) is 7.43 Å². The van der Waals surface area contributed by atoms with Gasteiger partial charge in [0.05, 0.1) is 6.20 Å². The van der Waals surface area contributed by atoms with Gasteiger partial charge in [-0.1, -0.05) is 13.5 Å². The van der Waals surface area contributed by atoms with Gasteiger partial charge < -0.3 is 0 Å². The Bertz CT molecular complexity index is 76.1. The fraction of sp³-hybridized carbons (Fsp3) is 0. The van der Waals surface area contributed by atoms with Crippen molar-refractivity contribution in [2.45, 2.75) is 0 Å². The summed E-state index contributed by atoms with van der Waals surface area (Å²) in [5, 5.41) is 0. The molecule has 36 valence electrons. The minimum Gasteiger partial charge on any atom is -0.255 e. The third kappa shape index (κ3) is 1.93. The highest BCUT2D eigenvalue weighted by Crippen LogP contribution is 1.72. The maximum Gasteiger partial charge on any atom is 0.0886 e. The topological polar surface area (TPSA) is 12.9 Å². The first kappa shape index (κ1) is 6.15. The summed E-state index contributed by atoms with van der Waals surface area (Å²) in [6.07, 6.45) is 4.34. The van der Waals surface area contributed by atoms with Gasteiger partial charge in [-0.05, 0) is 12.1 Å². The molecule has 1 nitrogen and oxygen atoms in total. The molecule has 2 radical (unpaired) electrons. The van der Waals surface area contributed by atoms with Crippen LogP contribution in [0.5, 0.6) is 0 Å². The number of aromatic nitrogens is 1. The molecular formula is C6H7N. The molecule has 0 bridgehead atoms. The smallest absolute Gasteiger partial charge is 0.0886 e. The van der Waals surface area contributed by atoms with Crippen LogP contribution in [0.4, 0.5) is 0 Å². The first-order chi connectivity index (χ1) is 3.00. The minimum atomic E-state index is 0. The molecular weight excluding hydrogens is 86.1 g/mol. The summed E-state index contributed by atoms with van der Waals surface area (Å²) >= 11 is 0. The van der Waals surface area contributed by atoms with Crippen LogP contribution >= 0.6 is 0 Å². The molecule has 0 atom stereocenters. The maximum absolute atomic E-state index is 3.66. The zero-order valence-electron chi connectivity index (χ0n) is 4.26. The number of hydrogen-bond donors (Lipinski definition) is 0. The van der Waals surface area contributed by atoms with Crippen LogP contribution in [0.2, 0.25) is 0 Å². The van der Waals surface area contributed by atoms with E-state index < -0.39 is 0 Å². The summed E-state index contributed by atoms with van der Waals surface area (Å²) in [5.74, 6) is 0. The molecule has 0 aliphatic rings. The Morgan fingerprint density at radius 1 is 1.29 bits per heavy atom. The van der Waals surface area contributed by atoms with E-state index in [4.69, 9.17) is 0 Å². The van der Waals surface area contributed by atoms with E-state index in [1.165, 1.54) is 0 Å². The van der Waals surface area contributed by atoms with Gasteiger partial charge in [-0.15, -0.1) is 0 Å². The molecule has 1 heterocycles. The van der Waals surface area contributed by atoms with Crippen molar-refractivity contribution in [2.75, 3.05) is 0 Å². The summed E-state index contributed by atoms with van der Waals surface area (Å²) in [4.78, 5) is 3.66. The highest BCUT2D eigenvalue weighted by atomic mass is 14.6. The van der Waals surface area contributed by atoms with Crippen LogP contribution in [0.25, 0.3) is 0 Å². The fourth-order valence-corrected chi connectivity index (χ4v) is 0.277. The first-order valence-corrected chi connectivity index (χ1v) is 1.77. The number of rotatable bonds is 0. The summed E-state index contributed by atoms with van der Waals surface area (Å²) < 4.78 is 0. The van der Waals surface area contributed by atoms with Crippen molar-refractivity contribution in [2.24, 2.45) is 0 Å². The molecule has 0 unspecified atom stereocenters.